The van der Waals surface area contributed by atoms with Gasteiger partial charge in [-0.2, -0.15) is 5.21 Å². The lowest BCUT2D eigenvalue weighted by molar-refractivity contribution is 0.158. The van der Waals surface area contributed by atoms with Gasteiger partial charge in [-0.3, -0.25) is 0 Å². The summed E-state index contributed by atoms with van der Waals surface area (Å²) in [4.78, 5) is 0. The van der Waals surface area contributed by atoms with Gasteiger partial charge in [0.2, 0.25) is 5.82 Å². The van der Waals surface area contributed by atoms with E-state index in [1.165, 1.54) is 0 Å². The third-order valence-corrected chi connectivity index (χ3v) is 2.41. The summed E-state index contributed by atoms with van der Waals surface area (Å²) >= 11 is 3.30. The first kappa shape index (κ1) is 11.0. The van der Waals surface area contributed by atoms with Gasteiger partial charge in [0, 0.05) is 4.47 Å². The Hall–Kier alpha value is -1.50. The quantitative estimate of drug-likeness (QED) is 0.934. The highest BCUT2D eigenvalue weighted by atomic mass is 79.9. The maximum atomic E-state index is 12.7. The monoisotopic (exact) mass is 286 g/mol. The van der Waals surface area contributed by atoms with Crippen molar-refractivity contribution in [3.63, 3.8) is 0 Å². The molecule has 0 amide bonds. The van der Waals surface area contributed by atoms with E-state index < -0.39 is 12.8 Å². The van der Waals surface area contributed by atoms with E-state index in [2.05, 4.69) is 36.6 Å². The van der Waals surface area contributed by atoms with Gasteiger partial charge in [0.05, 0.1) is 0 Å². The van der Waals surface area contributed by atoms with Gasteiger partial charge in [-0.1, -0.05) is 21.1 Å². The van der Waals surface area contributed by atoms with Crippen molar-refractivity contribution in [3.8, 4) is 5.75 Å². The summed E-state index contributed by atoms with van der Waals surface area (Å²) in [7, 11) is 0. The standard InChI is InChI=1S/C9H8BrFN4O/c10-6-1-3-7(4-2-6)16-8(5-11)9-12-14-15-13-9/h1-4,8H,5H2,(H,12,13,14,15)/t8-/m0/s1. The summed E-state index contributed by atoms with van der Waals surface area (Å²) in [6.45, 7) is -0.713. The van der Waals surface area contributed by atoms with E-state index in [1.807, 2.05) is 0 Å². The van der Waals surface area contributed by atoms with Gasteiger partial charge < -0.3 is 4.74 Å². The Morgan fingerprint density at radius 2 is 2.12 bits per heavy atom. The summed E-state index contributed by atoms with van der Waals surface area (Å²) in [6.07, 6.45) is -0.833. The predicted molar refractivity (Wildman–Crippen MR) is 57.7 cm³/mol. The van der Waals surface area contributed by atoms with Gasteiger partial charge >= 0.3 is 0 Å². The third-order valence-electron chi connectivity index (χ3n) is 1.88. The van der Waals surface area contributed by atoms with Crippen LogP contribution in [-0.2, 0) is 0 Å². The van der Waals surface area contributed by atoms with Crippen LogP contribution in [0.5, 0.6) is 5.75 Å². The summed E-state index contributed by atoms with van der Waals surface area (Å²) in [6, 6.07) is 7.07. The first-order valence-corrected chi connectivity index (χ1v) is 5.30. The Bertz CT molecular complexity index is 433. The molecule has 1 N–H and O–H groups in total. The molecule has 0 saturated heterocycles. The van der Waals surface area contributed by atoms with E-state index in [1.54, 1.807) is 24.3 Å². The average Bonchev–Trinajstić information content (AvgIpc) is 2.82. The summed E-state index contributed by atoms with van der Waals surface area (Å²) in [5.74, 6) is 0.751. The van der Waals surface area contributed by atoms with Crippen molar-refractivity contribution in [1.29, 1.82) is 0 Å². The molecule has 84 valence electrons. The van der Waals surface area contributed by atoms with E-state index in [9.17, 15) is 4.39 Å². The lowest BCUT2D eigenvalue weighted by Gasteiger charge is -2.12. The zero-order valence-electron chi connectivity index (χ0n) is 8.10. The Labute approximate surface area is 99.1 Å². The first-order chi connectivity index (χ1) is 7.79. The normalized spacial score (nSPS) is 12.4. The van der Waals surface area contributed by atoms with Crippen LogP contribution in [0, 0.1) is 0 Å². The van der Waals surface area contributed by atoms with Gasteiger partial charge in [-0.25, -0.2) is 4.39 Å². The number of hydrogen-bond acceptors (Lipinski definition) is 4. The second kappa shape index (κ2) is 5.02. The van der Waals surface area contributed by atoms with E-state index >= 15 is 0 Å². The number of benzene rings is 1. The Balaban J connectivity index is 2.10. The SMILES string of the molecule is FC[C@H](Oc1ccc(Br)cc1)c1nn[nH]n1. The summed E-state index contributed by atoms with van der Waals surface area (Å²) in [5.41, 5.74) is 0. The molecule has 1 aromatic heterocycles. The maximum Gasteiger partial charge on any atom is 0.217 e. The number of alkyl halides is 1. The van der Waals surface area contributed by atoms with E-state index in [0.29, 0.717) is 5.75 Å². The van der Waals surface area contributed by atoms with Crippen molar-refractivity contribution < 1.29 is 9.13 Å². The van der Waals surface area contributed by atoms with Gasteiger partial charge in [0.25, 0.3) is 0 Å². The largest absolute Gasteiger partial charge is 0.480 e. The number of rotatable bonds is 4. The van der Waals surface area contributed by atoms with Crippen molar-refractivity contribution in [3.05, 3.63) is 34.6 Å². The van der Waals surface area contributed by atoms with Crippen molar-refractivity contribution >= 4 is 15.9 Å². The number of nitrogens with zero attached hydrogens (tertiary/aromatic N) is 3. The van der Waals surface area contributed by atoms with Crippen LogP contribution in [0.3, 0.4) is 0 Å². The fourth-order valence-corrected chi connectivity index (χ4v) is 1.40. The van der Waals surface area contributed by atoms with Crippen LogP contribution in [0.25, 0.3) is 0 Å². The predicted octanol–water partition coefficient (Wildman–Crippen LogP) is 2.05. The molecular weight excluding hydrogens is 279 g/mol. The molecule has 0 radical (unpaired) electrons. The first-order valence-electron chi connectivity index (χ1n) is 4.51. The minimum atomic E-state index is -0.833. The zero-order valence-corrected chi connectivity index (χ0v) is 9.69. The molecule has 0 fully saturated rings. The average molecular weight is 287 g/mol. The number of ether oxygens (including phenoxy) is 1. The van der Waals surface area contributed by atoms with Gasteiger partial charge in [0.15, 0.2) is 6.10 Å². The maximum absolute atomic E-state index is 12.7. The lowest BCUT2D eigenvalue weighted by atomic mass is 10.3. The molecule has 1 atom stereocenters. The number of aromatic amines is 1. The van der Waals surface area contributed by atoms with E-state index in [-0.39, 0.29) is 5.82 Å². The highest BCUT2D eigenvalue weighted by Crippen LogP contribution is 2.21. The fourth-order valence-electron chi connectivity index (χ4n) is 1.14. The molecule has 0 aliphatic rings. The van der Waals surface area contributed by atoms with Crippen molar-refractivity contribution in [2.24, 2.45) is 0 Å². The molecule has 16 heavy (non-hydrogen) atoms. The van der Waals surface area contributed by atoms with Crippen LogP contribution in [0.4, 0.5) is 4.39 Å². The van der Waals surface area contributed by atoms with Gasteiger partial charge in [-0.05, 0) is 24.3 Å². The number of aromatic nitrogens is 4. The van der Waals surface area contributed by atoms with E-state index in [4.69, 9.17) is 4.74 Å². The molecule has 0 bridgehead atoms. The van der Waals surface area contributed by atoms with E-state index in [0.717, 1.165) is 4.47 Å². The van der Waals surface area contributed by atoms with Crippen molar-refractivity contribution in [2.75, 3.05) is 6.67 Å². The Kier molecular flexibility index (Phi) is 3.45. The molecule has 5 nitrogen and oxygen atoms in total. The number of tetrazole rings is 1. The van der Waals surface area contributed by atoms with Gasteiger partial charge in [-0.15, -0.1) is 10.2 Å². The summed E-state index contributed by atoms with van der Waals surface area (Å²) < 4.78 is 19.0. The molecule has 0 saturated carbocycles. The lowest BCUT2D eigenvalue weighted by Crippen LogP contribution is -2.11. The van der Waals surface area contributed by atoms with Gasteiger partial charge in [0.1, 0.15) is 12.4 Å². The molecular formula is C9H8BrFN4O. The van der Waals surface area contributed by atoms with Crippen molar-refractivity contribution in [2.45, 2.75) is 6.10 Å². The fraction of sp³-hybridized carbons (Fsp3) is 0.222. The second-order valence-electron chi connectivity index (χ2n) is 2.98. The smallest absolute Gasteiger partial charge is 0.217 e. The highest BCUT2D eigenvalue weighted by molar-refractivity contribution is 9.10. The molecule has 7 heteroatoms. The molecule has 0 spiro atoms. The van der Waals surface area contributed by atoms with Crippen LogP contribution in [0.1, 0.15) is 11.9 Å². The molecule has 0 unspecified atom stereocenters. The van der Waals surface area contributed by atoms with Crippen LogP contribution in [0.15, 0.2) is 28.7 Å². The Morgan fingerprint density at radius 1 is 1.38 bits per heavy atom. The summed E-state index contributed by atoms with van der Waals surface area (Å²) in [5, 5.41) is 13.0. The van der Waals surface area contributed by atoms with Crippen LogP contribution in [0.2, 0.25) is 0 Å². The van der Waals surface area contributed by atoms with Crippen LogP contribution < -0.4 is 4.74 Å². The number of hydrogen-bond donors (Lipinski definition) is 1. The minimum Gasteiger partial charge on any atom is -0.480 e. The topological polar surface area (TPSA) is 63.7 Å². The number of H-pyrrole nitrogens is 1. The molecule has 0 aliphatic heterocycles. The molecule has 2 aromatic rings. The highest BCUT2D eigenvalue weighted by Gasteiger charge is 2.17. The van der Waals surface area contributed by atoms with Crippen molar-refractivity contribution in [1.82, 2.24) is 20.6 Å². The number of halogens is 2. The molecule has 1 aromatic carbocycles. The second-order valence-corrected chi connectivity index (χ2v) is 3.90. The zero-order chi connectivity index (χ0) is 11.4. The molecule has 0 aliphatic carbocycles. The molecule has 2 rings (SSSR count). The molecule has 1 heterocycles. The Morgan fingerprint density at radius 3 is 2.69 bits per heavy atom. The third kappa shape index (κ3) is 2.54. The minimum absolute atomic E-state index is 0.199. The van der Waals surface area contributed by atoms with Crippen LogP contribution >= 0.6 is 15.9 Å². The van der Waals surface area contributed by atoms with Crippen LogP contribution in [-0.4, -0.2) is 27.3 Å². The number of nitrogens with one attached hydrogen (secondary N) is 1.